The average molecular weight is 323 g/mol. The monoisotopic (exact) mass is 323 g/mol. The summed E-state index contributed by atoms with van der Waals surface area (Å²) < 4.78 is 15.8. The molecule has 0 amide bonds. The molecule has 5 heteroatoms. The number of hydrogen-bond acceptors (Lipinski definition) is 5. The highest BCUT2D eigenvalue weighted by Gasteiger charge is 2.24. The fourth-order valence-corrected chi connectivity index (χ4v) is 2.41. The van der Waals surface area contributed by atoms with Crippen LogP contribution >= 0.6 is 0 Å². The third-order valence-corrected chi connectivity index (χ3v) is 3.61. The van der Waals surface area contributed by atoms with Crippen LogP contribution in [-0.2, 0) is 9.53 Å². The molecule has 3 rings (SSSR count). The molecule has 0 spiro atoms. The topological polar surface area (TPSA) is 57.1 Å². The Balaban J connectivity index is 2.00. The quantitative estimate of drug-likeness (QED) is 0.639. The van der Waals surface area contributed by atoms with E-state index in [1.807, 2.05) is 31.2 Å². The predicted molar refractivity (Wildman–Crippen MR) is 91.3 cm³/mol. The summed E-state index contributed by atoms with van der Waals surface area (Å²) in [6, 6.07) is 13.0. The van der Waals surface area contributed by atoms with Gasteiger partial charge in [0.25, 0.3) is 0 Å². The number of carbonyl (C=O) groups excluding carboxylic acids is 1. The second-order valence-electron chi connectivity index (χ2n) is 5.31. The molecule has 122 valence electrons. The first-order chi connectivity index (χ1) is 11.6. The highest BCUT2D eigenvalue weighted by molar-refractivity contribution is 6.13. The standard InChI is InChI=1S/C19H17NO4/c1-12-5-4-6-13(9-12)18-20-16(19(21)24-18)11-14-10-15(22-2)7-8-17(14)23-3/h4-11H,1-3H3. The van der Waals surface area contributed by atoms with Crippen molar-refractivity contribution in [1.29, 1.82) is 0 Å². The molecule has 2 aromatic carbocycles. The van der Waals surface area contributed by atoms with Crippen LogP contribution in [0, 0.1) is 6.92 Å². The van der Waals surface area contributed by atoms with Crippen LogP contribution in [0.3, 0.4) is 0 Å². The molecule has 0 saturated carbocycles. The molecule has 0 saturated heterocycles. The van der Waals surface area contributed by atoms with E-state index in [-0.39, 0.29) is 5.70 Å². The maximum atomic E-state index is 12.1. The molecule has 0 aromatic heterocycles. The molecule has 24 heavy (non-hydrogen) atoms. The van der Waals surface area contributed by atoms with Crippen molar-refractivity contribution in [1.82, 2.24) is 0 Å². The average Bonchev–Trinajstić information content (AvgIpc) is 2.95. The normalized spacial score (nSPS) is 15.2. The lowest BCUT2D eigenvalue weighted by molar-refractivity contribution is -0.129. The third kappa shape index (κ3) is 3.15. The summed E-state index contributed by atoms with van der Waals surface area (Å²) in [6.07, 6.45) is 1.63. The lowest BCUT2D eigenvalue weighted by atomic mass is 10.1. The predicted octanol–water partition coefficient (Wildman–Crippen LogP) is 3.36. The molecule has 0 bridgehead atoms. The molecule has 0 atom stereocenters. The van der Waals surface area contributed by atoms with Gasteiger partial charge < -0.3 is 14.2 Å². The molecule has 1 aliphatic heterocycles. The zero-order chi connectivity index (χ0) is 17.1. The van der Waals surface area contributed by atoms with Crippen LogP contribution in [0.5, 0.6) is 11.5 Å². The van der Waals surface area contributed by atoms with E-state index in [0.717, 1.165) is 11.1 Å². The summed E-state index contributed by atoms with van der Waals surface area (Å²) in [5.74, 6) is 1.10. The Labute approximate surface area is 140 Å². The van der Waals surface area contributed by atoms with Crippen LogP contribution in [0.15, 0.2) is 53.2 Å². The molecule has 0 aliphatic carbocycles. The number of cyclic esters (lactones) is 1. The van der Waals surface area contributed by atoms with Crippen LogP contribution < -0.4 is 9.47 Å². The molecule has 0 fully saturated rings. The third-order valence-electron chi connectivity index (χ3n) is 3.61. The Kier molecular flexibility index (Phi) is 4.33. The summed E-state index contributed by atoms with van der Waals surface area (Å²) in [6.45, 7) is 1.97. The SMILES string of the molecule is COc1ccc(OC)c(C=C2N=C(c3cccc(C)c3)OC2=O)c1. The van der Waals surface area contributed by atoms with Crippen LogP contribution in [0.1, 0.15) is 16.7 Å². The van der Waals surface area contributed by atoms with Crippen molar-refractivity contribution in [2.45, 2.75) is 6.92 Å². The molecule has 5 nitrogen and oxygen atoms in total. The van der Waals surface area contributed by atoms with Crippen molar-refractivity contribution in [3.05, 3.63) is 64.9 Å². The van der Waals surface area contributed by atoms with Gasteiger partial charge in [0.05, 0.1) is 14.2 Å². The number of ether oxygens (including phenoxy) is 3. The minimum absolute atomic E-state index is 0.220. The first kappa shape index (κ1) is 15.8. The van der Waals surface area contributed by atoms with Gasteiger partial charge in [0.15, 0.2) is 5.70 Å². The van der Waals surface area contributed by atoms with E-state index >= 15 is 0 Å². The summed E-state index contributed by atoms with van der Waals surface area (Å²) in [7, 11) is 3.15. The van der Waals surface area contributed by atoms with Gasteiger partial charge in [-0.2, -0.15) is 0 Å². The van der Waals surface area contributed by atoms with E-state index in [1.54, 1.807) is 38.5 Å². The maximum absolute atomic E-state index is 12.1. The fourth-order valence-electron chi connectivity index (χ4n) is 2.41. The minimum atomic E-state index is -0.489. The Bertz CT molecular complexity index is 852. The van der Waals surface area contributed by atoms with Crippen LogP contribution in [0.2, 0.25) is 0 Å². The number of hydrogen-bond donors (Lipinski definition) is 0. The van der Waals surface area contributed by atoms with E-state index in [1.165, 1.54) is 0 Å². The summed E-state index contributed by atoms with van der Waals surface area (Å²) >= 11 is 0. The lowest BCUT2D eigenvalue weighted by Gasteiger charge is -2.07. The van der Waals surface area contributed by atoms with Gasteiger partial charge in [-0.05, 0) is 43.3 Å². The largest absolute Gasteiger partial charge is 0.497 e. The van der Waals surface area contributed by atoms with E-state index < -0.39 is 5.97 Å². The molecule has 1 aliphatic rings. The number of carbonyl (C=O) groups is 1. The summed E-state index contributed by atoms with van der Waals surface area (Å²) in [5.41, 5.74) is 2.75. The number of aliphatic imine (C=N–C) groups is 1. The van der Waals surface area contributed by atoms with Crippen molar-refractivity contribution in [3.8, 4) is 11.5 Å². The van der Waals surface area contributed by atoms with Crippen molar-refractivity contribution in [2.75, 3.05) is 14.2 Å². The van der Waals surface area contributed by atoms with Crippen molar-refractivity contribution in [2.24, 2.45) is 4.99 Å². The van der Waals surface area contributed by atoms with E-state index in [9.17, 15) is 4.79 Å². The first-order valence-electron chi connectivity index (χ1n) is 7.42. The smallest absolute Gasteiger partial charge is 0.363 e. The molecular formula is C19H17NO4. The van der Waals surface area contributed by atoms with Gasteiger partial charge in [0.2, 0.25) is 5.90 Å². The highest BCUT2D eigenvalue weighted by atomic mass is 16.6. The van der Waals surface area contributed by atoms with Gasteiger partial charge in [-0.25, -0.2) is 9.79 Å². The Morgan fingerprint density at radius 3 is 2.62 bits per heavy atom. The van der Waals surface area contributed by atoms with Crippen molar-refractivity contribution in [3.63, 3.8) is 0 Å². The number of methoxy groups -OCH3 is 2. The van der Waals surface area contributed by atoms with Gasteiger partial charge in [0, 0.05) is 11.1 Å². The summed E-state index contributed by atoms with van der Waals surface area (Å²) in [5, 5.41) is 0. The highest BCUT2D eigenvalue weighted by Crippen LogP contribution is 2.28. The van der Waals surface area contributed by atoms with Gasteiger partial charge in [0.1, 0.15) is 11.5 Å². The molecule has 0 N–H and O–H groups in total. The number of aryl methyl sites for hydroxylation is 1. The summed E-state index contributed by atoms with van der Waals surface area (Å²) in [4.78, 5) is 16.4. The number of rotatable bonds is 4. The molecule has 1 heterocycles. The Morgan fingerprint density at radius 1 is 1.08 bits per heavy atom. The molecule has 0 radical (unpaired) electrons. The van der Waals surface area contributed by atoms with Gasteiger partial charge in [-0.15, -0.1) is 0 Å². The fraction of sp³-hybridized carbons (Fsp3) is 0.158. The van der Waals surface area contributed by atoms with Crippen LogP contribution in [-0.4, -0.2) is 26.1 Å². The molecular weight excluding hydrogens is 306 g/mol. The zero-order valence-electron chi connectivity index (χ0n) is 13.7. The number of benzene rings is 2. The van der Waals surface area contributed by atoms with Gasteiger partial charge in [-0.3, -0.25) is 0 Å². The van der Waals surface area contributed by atoms with Gasteiger partial charge >= 0.3 is 5.97 Å². The van der Waals surface area contributed by atoms with Crippen molar-refractivity contribution < 1.29 is 19.0 Å². The van der Waals surface area contributed by atoms with Crippen LogP contribution in [0.25, 0.3) is 6.08 Å². The minimum Gasteiger partial charge on any atom is -0.497 e. The lowest BCUT2D eigenvalue weighted by Crippen LogP contribution is -2.05. The Hall–Kier alpha value is -3.08. The van der Waals surface area contributed by atoms with Crippen LogP contribution in [0.4, 0.5) is 0 Å². The second-order valence-corrected chi connectivity index (χ2v) is 5.31. The van der Waals surface area contributed by atoms with Crippen molar-refractivity contribution >= 4 is 17.9 Å². The number of nitrogens with zero attached hydrogens (tertiary/aromatic N) is 1. The second kappa shape index (κ2) is 6.58. The Morgan fingerprint density at radius 2 is 1.92 bits per heavy atom. The maximum Gasteiger partial charge on any atom is 0.363 e. The zero-order valence-corrected chi connectivity index (χ0v) is 13.7. The van der Waals surface area contributed by atoms with E-state index in [4.69, 9.17) is 14.2 Å². The van der Waals surface area contributed by atoms with E-state index in [2.05, 4.69) is 4.99 Å². The first-order valence-corrected chi connectivity index (χ1v) is 7.42. The molecule has 0 unspecified atom stereocenters. The van der Waals surface area contributed by atoms with Gasteiger partial charge in [-0.1, -0.05) is 17.7 Å². The molecule has 2 aromatic rings. The van der Waals surface area contributed by atoms with E-state index in [0.29, 0.717) is 23.0 Å². The number of esters is 1.